The molecule has 1 fully saturated rings. The van der Waals surface area contributed by atoms with Crippen molar-refractivity contribution in [2.45, 2.75) is 32.1 Å². The van der Waals surface area contributed by atoms with Gasteiger partial charge in [-0.15, -0.1) is 0 Å². The Bertz CT molecular complexity index is 754. The van der Waals surface area contributed by atoms with Gasteiger partial charge >= 0.3 is 0 Å². The number of rotatable bonds is 4. The van der Waals surface area contributed by atoms with Crippen LogP contribution in [0.5, 0.6) is 11.5 Å². The highest BCUT2D eigenvalue weighted by atomic mass is 19.1. The molecule has 26 heavy (non-hydrogen) atoms. The van der Waals surface area contributed by atoms with Crippen LogP contribution in [-0.2, 0) is 4.79 Å². The predicted octanol–water partition coefficient (Wildman–Crippen LogP) is 4.82. The predicted molar refractivity (Wildman–Crippen MR) is 99.4 cm³/mol. The summed E-state index contributed by atoms with van der Waals surface area (Å²) < 4.78 is 19.7. The van der Waals surface area contributed by atoms with Crippen molar-refractivity contribution >= 4 is 12.0 Å². The Labute approximate surface area is 153 Å². The second-order valence-electron chi connectivity index (χ2n) is 6.41. The molecule has 0 unspecified atom stereocenters. The van der Waals surface area contributed by atoms with E-state index in [1.807, 2.05) is 4.90 Å². The van der Waals surface area contributed by atoms with Gasteiger partial charge in [-0.3, -0.25) is 9.78 Å². The maximum absolute atomic E-state index is 14.2. The number of ether oxygens (including phenoxy) is 1. The van der Waals surface area contributed by atoms with Gasteiger partial charge < -0.3 is 9.64 Å². The van der Waals surface area contributed by atoms with Gasteiger partial charge in [-0.2, -0.15) is 0 Å². The number of benzene rings is 1. The second kappa shape index (κ2) is 9.13. The summed E-state index contributed by atoms with van der Waals surface area (Å²) in [6.07, 6.45) is 12.0. The Kier molecular flexibility index (Phi) is 6.36. The lowest BCUT2D eigenvalue weighted by Gasteiger charge is -2.23. The number of nitrogens with zero attached hydrogens (tertiary/aromatic N) is 2. The number of halogens is 1. The number of carbonyl (C=O) groups excluding carboxylic acids is 1. The van der Waals surface area contributed by atoms with E-state index in [4.69, 9.17) is 4.74 Å². The molecule has 1 aromatic heterocycles. The fourth-order valence-corrected chi connectivity index (χ4v) is 2.98. The minimum Gasteiger partial charge on any atom is -0.453 e. The number of pyridine rings is 1. The molecule has 3 rings (SSSR count). The van der Waals surface area contributed by atoms with Gasteiger partial charge in [-0.1, -0.05) is 25.3 Å². The molecule has 0 aliphatic carbocycles. The number of hydrogen-bond acceptors (Lipinski definition) is 3. The highest BCUT2D eigenvalue weighted by Crippen LogP contribution is 2.25. The van der Waals surface area contributed by atoms with Crippen molar-refractivity contribution < 1.29 is 13.9 Å². The Morgan fingerprint density at radius 3 is 2.58 bits per heavy atom. The van der Waals surface area contributed by atoms with E-state index in [1.54, 1.807) is 36.5 Å². The van der Waals surface area contributed by atoms with Crippen molar-refractivity contribution in [1.82, 2.24) is 9.88 Å². The number of carbonyl (C=O) groups is 1. The van der Waals surface area contributed by atoms with Gasteiger partial charge in [0.05, 0.1) is 6.20 Å². The van der Waals surface area contributed by atoms with Crippen molar-refractivity contribution in [1.29, 1.82) is 0 Å². The molecule has 1 aliphatic heterocycles. The smallest absolute Gasteiger partial charge is 0.246 e. The summed E-state index contributed by atoms with van der Waals surface area (Å²) in [7, 11) is 0. The highest BCUT2D eigenvalue weighted by Gasteiger charge is 2.12. The summed E-state index contributed by atoms with van der Waals surface area (Å²) in [5, 5.41) is 0. The number of aromatic nitrogens is 1. The van der Waals surface area contributed by atoms with E-state index in [0.717, 1.165) is 25.9 Å². The first-order valence-corrected chi connectivity index (χ1v) is 9.07. The highest BCUT2D eigenvalue weighted by molar-refractivity contribution is 5.91. The molecular weight excluding hydrogens is 331 g/mol. The van der Waals surface area contributed by atoms with Crippen LogP contribution in [0.1, 0.15) is 37.7 Å². The third kappa shape index (κ3) is 5.15. The summed E-state index contributed by atoms with van der Waals surface area (Å²) in [5.41, 5.74) is 0.626. The monoisotopic (exact) mass is 354 g/mol. The molecule has 0 radical (unpaired) electrons. The molecule has 4 nitrogen and oxygen atoms in total. The average molecular weight is 354 g/mol. The second-order valence-corrected chi connectivity index (χ2v) is 6.41. The van der Waals surface area contributed by atoms with Crippen LogP contribution >= 0.6 is 0 Å². The van der Waals surface area contributed by atoms with Crippen LogP contribution in [0.2, 0.25) is 0 Å². The van der Waals surface area contributed by atoms with Gasteiger partial charge in [0.1, 0.15) is 5.75 Å². The van der Waals surface area contributed by atoms with Gasteiger partial charge in [0.25, 0.3) is 0 Å². The summed E-state index contributed by atoms with van der Waals surface area (Å²) in [6, 6.07) is 8.08. The summed E-state index contributed by atoms with van der Waals surface area (Å²) in [5.74, 6) is 0.116. The summed E-state index contributed by atoms with van der Waals surface area (Å²) >= 11 is 0. The van der Waals surface area contributed by atoms with E-state index in [-0.39, 0.29) is 11.7 Å². The molecule has 5 heteroatoms. The zero-order valence-electron chi connectivity index (χ0n) is 14.7. The van der Waals surface area contributed by atoms with Crippen LogP contribution in [0, 0.1) is 5.82 Å². The van der Waals surface area contributed by atoms with Crippen molar-refractivity contribution in [2.75, 3.05) is 13.1 Å². The minimum atomic E-state index is -0.477. The Balaban J connectivity index is 1.63. The van der Waals surface area contributed by atoms with E-state index in [9.17, 15) is 9.18 Å². The van der Waals surface area contributed by atoms with Crippen LogP contribution in [0.25, 0.3) is 6.08 Å². The molecule has 0 spiro atoms. The third-order valence-corrected chi connectivity index (χ3v) is 4.40. The maximum Gasteiger partial charge on any atom is 0.246 e. The Morgan fingerprint density at radius 2 is 1.88 bits per heavy atom. The van der Waals surface area contributed by atoms with E-state index in [2.05, 4.69) is 4.98 Å². The van der Waals surface area contributed by atoms with E-state index < -0.39 is 5.82 Å². The van der Waals surface area contributed by atoms with Gasteiger partial charge in [0, 0.05) is 25.4 Å². The molecule has 1 aromatic carbocycles. The lowest BCUT2D eigenvalue weighted by molar-refractivity contribution is -0.126. The van der Waals surface area contributed by atoms with Crippen molar-refractivity contribution in [2.24, 2.45) is 0 Å². The summed E-state index contributed by atoms with van der Waals surface area (Å²) in [4.78, 5) is 18.2. The fraction of sp³-hybridized carbons (Fsp3) is 0.333. The van der Waals surface area contributed by atoms with E-state index >= 15 is 0 Å². The average Bonchev–Trinajstić information content (AvgIpc) is 2.62. The zero-order valence-corrected chi connectivity index (χ0v) is 14.7. The van der Waals surface area contributed by atoms with E-state index in [0.29, 0.717) is 11.3 Å². The molecule has 136 valence electrons. The molecule has 0 saturated carbocycles. The van der Waals surface area contributed by atoms with Crippen LogP contribution in [0.3, 0.4) is 0 Å². The molecule has 1 aliphatic rings. The third-order valence-electron chi connectivity index (χ3n) is 4.40. The van der Waals surface area contributed by atoms with Crippen LogP contribution < -0.4 is 4.74 Å². The molecular formula is C21H23FN2O2. The van der Waals surface area contributed by atoms with Gasteiger partial charge in [-0.25, -0.2) is 4.39 Å². The first kappa shape index (κ1) is 18.1. The Morgan fingerprint density at radius 1 is 1.12 bits per heavy atom. The van der Waals surface area contributed by atoms with Crippen LogP contribution in [0.4, 0.5) is 4.39 Å². The van der Waals surface area contributed by atoms with Gasteiger partial charge in [-0.05, 0) is 48.7 Å². The van der Waals surface area contributed by atoms with Gasteiger partial charge in [0.2, 0.25) is 5.91 Å². The first-order valence-electron chi connectivity index (χ1n) is 9.07. The normalized spacial score (nSPS) is 15.5. The topological polar surface area (TPSA) is 42.4 Å². The largest absolute Gasteiger partial charge is 0.453 e. The molecule has 2 heterocycles. The number of likely N-dealkylation sites (tertiary alicyclic amines) is 1. The van der Waals surface area contributed by atoms with Crippen LogP contribution in [0.15, 0.2) is 48.8 Å². The zero-order chi connectivity index (χ0) is 18.2. The minimum absolute atomic E-state index is 0.0111. The molecule has 2 aromatic rings. The van der Waals surface area contributed by atoms with E-state index in [1.165, 1.54) is 37.6 Å². The van der Waals surface area contributed by atoms with Crippen LogP contribution in [-0.4, -0.2) is 28.9 Å². The van der Waals surface area contributed by atoms with Crippen molar-refractivity contribution in [3.63, 3.8) is 0 Å². The SMILES string of the molecule is O=C(/C=C/c1ccc(Oc2cccnc2)c(F)c1)N1CCCCCCC1. The van der Waals surface area contributed by atoms with Gasteiger partial charge in [0.15, 0.2) is 11.6 Å². The molecule has 1 saturated heterocycles. The molecule has 0 bridgehead atoms. The summed E-state index contributed by atoms with van der Waals surface area (Å²) in [6.45, 7) is 1.60. The quantitative estimate of drug-likeness (QED) is 0.739. The standard InChI is InChI=1S/C21H23FN2O2/c22-19-15-17(8-10-20(19)26-18-7-6-12-23-16-18)9-11-21(25)24-13-4-2-1-3-5-14-24/h6-12,15-16H,1-5,13-14H2/b11-9+. The lowest BCUT2D eigenvalue weighted by atomic mass is 10.1. The first-order chi connectivity index (χ1) is 12.7. The lowest BCUT2D eigenvalue weighted by Crippen LogP contribution is -2.32. The number of hydrogen-bond donors (Lipinski definition) is 0. The molecule has 0 atom stereocenters. The maximum atomic E-state index is 14.2. The Hall–Kier alpha value is -2.69. The molecule has 1 amide bonds. The number of amides is 1. The van der Waals surface area contributed by atoms with Crippen molar-refractivity contribution in [3.8, 4) is 11.5 Å². The molecule has 0 N–H and O–H groups in total. The fourth-order valence-electron chi connectivity index (χ4n) is 2.98. The van der Waals surface area contributed by atoms with Crippen molar-refractivity contribution in [3.05, 3.63) is 60.2 Å².